The van der Waals surface area contributed by atoms with Gasteiger partial charge in [-0.15, -0.1) is 0 Å². The molecule has 2 aliphatic carbocycles. The van der Waals surface area contributed by atoms with Crippen LogP contribution in [0.5, 0.6) is 0 Å². The van der Waals surface area contributed by atoms with Gasteiger partial charge in [0.2, 0.25) is 0 Å². The van der Waals surface area contributed by atoms with E-state index in [0.717, 1.165) is 12.0 Å². The highest BCUT2D eigenvalue weighted by Gasteiger charge is 2.39. The summed E-state index contributed by atoms with van der Waals surface area (Å²) in [6.45, 7) is 0. The smallest absolute Gasteiger partial charge is 0.166 e. The van der Waals surface area contributed by atoms with Crippen molar-refractivity contribution in [2.24, 2.45) is 5.92 Å². The van der Waals surface area contributed by atoms with Crippen LogP contribution in [-0.4, -0.2) is 5.78 Å². The second-order valence-corrected chi connectivity index (χ2v) is 4.80. The Morgan fingerprint density at radius 1 is 0.933 bits per heavy atom. The van der Waals surface area contributed by atoms with Crippen molar-refractivity contribution in [1.29, 1.82) is 0 Å². The van der Waals surface area contributed by atoms with Crippen LogP contribution >= 0.6 is 0 Å². The Labute approximate surface area is 90.5 Å². The summed E-state index contributed by atoms with van der Waals surface area (Å²) in [5.74, 6) is 1.26. The van der Waals surface area contributed by atoms with E-state index in [9.17, 15) is 4.79 Å². The van der Waals surface area contributed by atoms with Gasteiger partial charge in [-0.05, 0) is 24.3 Å². The van der Waals surface area contributed by atoms with E-state index in [2.05, 4.69) is 12.1 Å². The van der Waals surface area contributed by atoms with Crippen LogP contribution in [0.15, 0.2) is 24.3 Å². The molecule has 0 bridgehead atoms. The lowest BCUT2D eigenvalue weighted by Crippen LogP contribution is -2.11. The van der Waals surface area contributed by atoms with Crippen LogP contribution in [0, 0.1) is 5.92 Å². The normalized spacial score (nSPS) is 29.5. The van der Waals surface area contributed by atoms with Gasteiger partial charge < -0.3 is 0 Å². The summed E-state index contributed by atoms with van der Waals surface area (Å²) in [4.78, 5) is 12.2. The highest BCUT2D eigenvalue weighted by molar-refractivity contribution is 6.03. The standard InChI is InChI=1S/C14H16O/c15-14-12-8-3-1-2-6-10(12)11-7-4-5-9-13(11)14/h4-5,7,9-10,12H,1-3,6,8H2/t10-,12-/m1/s1. The number of hydrogen-bond acceptors (Lipinski definition) is 1. The van der Waals surface area contributed by atoms with Gasteiger partial charge in [-0.2, -0.15) is 0 Å². The number of carbonyl (C=O) groups excluding carboxylic acids is 1. The molecular weight excluding hydrogens is 184 g/mol. The van der Waals surface area contributed by atoms with Gasteiger partial charge in [0.1, 0.15) is 0 Å². The van der Waals surface area contributed by atoms with Gasteiger partial charge >= 0.3 is 0 Å². The molecule has 3 rings (SSSR count). The van der Waals surface area contributed by atoms with E-state index in [1.54, 1.807) is 0 Å². The summed E-state index contributed by atoms with van der Waals surface area (Å²) in [6.07, 6.45) is 6.16. The molecule has 0 N–H and O–H groups in total. The molecule has 1 heteroatoms. The summed E-state index contributed by atoms with van der Waals surface area (Å²) >= 11 is 0. The zero-order valence-corrected chi connectivity index (χ0v) is 8.91. The van der Waals surface area contributed by atoms with Crippen molar-refractivity contribution in [3.05, 3.63) is 35.4 Å². The number of benzene rings is 1. The molecule has 1 fully saturated rings. The molecule has 0 radical (unpaired) electrons. The van der Waals surface area contributed by atoms with E-state index < -0.39 is 0 Å². The first-order chi connectivity index (χ1) is 7.38. The number of hydrogen-bond donors (Lipinski definition) is 0. The third-order valence-electron chi connectivity index (χ3n) is 3.98. The van der Waals surface area contributed by atoms with Crippen molar-refractivity contribution >= 4 is 5.78 Å². The highest BCUT2D eigenvalue weighted by Crippen LogP contribution is 2.45. The van der Waals surface area contributed by atoms with Gasteiger partial charge in [0, 0.05) is 11.5 Å². The minimum Gasteiger partial charge on any atom is -0.294 e. The fourth-order valence-electron chi connectivity index (χ4n) is 3.24. The lowest BCUT2D eigenvalue weighted by Gasteiger charge is -2.14. The topological polar surface area (TPSA) is 17.1 Å². The first-order valence-corrected chi connectivity index (χ1v) is 6.01. The van der Waals surface area contributed by atoms with Crippen LogP contribution < -0.4 is 0 Å². The molecule has 0 aliphatic heterocycles. The van der Waals surface area contributed by atoms with Crippen molar-refractivity contribution in [2.75, 3.05) is 0 Å². The summed E-state index contributed by atoms with van der Waals surface area (Å²) in [6, 6.07) is 8.22. The Hall–Kier alpha value is -1.11. The van der Waals surface area contributed by atoms with Gasteiger partial charge in [0.15, 0.2) is 5.78 Å². The van der Waals surface area contributed by atoms with Crippen molar-refractivity contribution in [3.8, 4) is 0 Å². The zero-order valence-electron chi connectivity index (χ0n) is 8.91. The molecule has 0 aromatic heterocycles. The average Bonchev–Trinajstić information content (AvgIpc) is 2.48. The van der Waals surface area contributed by atoms with Crippen molar-refractivity contribution in [3.63, 3.8) is 0 Å². The molecule has 0 heterocycles. The van der Waals surface area contributed by atoms with Crippen LogP contribution in [0.2, 0.25) is 0 Å². The molecule has 0 amide bonds. The van der Waals surface area contributed by atoms with Crippen molar-refractivity contribution < 1.29 is 4.79 Å². The highest BCUT2D eigenvalue weighted by atomic mass is 16.1. The van der Waals surface area contributed by atoms with Gasteiger partial charge in [0.25, 0.3) is 0 Å². The van der Waals surface area contributed by atoms with E-state index in [1.807, 2.05) is 12.1 Å². The average molecular weight is 200 g/mol. The van der Waals surface area contributed by atoms with Gasteiger partial charge in [-0.25, -0.2) is 0 Å². The third kappa shape index (κ3) is 1.33. The summed E-state index contributed by atoms with van der Waals surface area (Å²) < 4.78 is 0. The molecule has 0 unspecified atom stereocenters. The Balaban J connectivity index is 2.06. The lowest BCUT2D eigenvalue weighted by molar-refractivity contribution is 0.0917. The fourth-order valence-corrected chi connectivity index (χ4v) is 3.24. The maximum absolute atomic E-state index is 12.2. The number of rotatable bonds is 0. The van der Waals surface area contributed by atoms with Crippen LogP contribution in [0.1, 0.15) is 53.9 Å². The second kappa shape index (κ2) is 3.48. The van der Waals surface area contributed by atoms with Crippen LogP contribution in [0.25, 0.3) is 0 Å². The first-order valence-electron chi connectivity index (χ1n) is 6.01. The molecule has 1 nitrogen and oxygen atoms in total. The second-order valence-electron chi connectivity index (χ2n) is 4.80. The summed E-state index contributed by atoms with van der Waals surface area (Å²) in [5.41, 5.74) is 2.34. The SMILES string of the molecule is O=C1c2ccccc2[C@H]2CCCCC[C@@H]12. The molecule has 2 aliphatic rings. The molecule has 1 aromatic rings. The third-order valence-corrected chi connectivity index (χ3v) is 3.98. The van der Waals surface area contributed by atoms with E-state index in [1.165, 1.54) is 31.2 Å². The van der Waals surface area contributed by atoms with Crippen molar-refractivity contribution in [2.45, 2.75) is 38.0 Å². The summed E-state index contributed by atoms with van der Waals surface area (Å²) in [5, 5.41) is 0. The van der Waals surface area contributed by atoms with E-state index >= 15 is 0 Å². The lowest BCUT2D eigenvalue weighted by atomic mass is 9.88. The molecule has 78 valence electrons. The Bertz CT molecular complexity index is 394. The van der Waals surface area contributed by atoms with Crippen LogP contribution in [-0.2, 0) is 0 Å². The van der Waals surface area contributed by atoms with E-state index in [-0.39, 0.29) is 0 Å². The zero-order chi connectivity index (χ0) is 10.3. The number of fused-ring (bicyclic) bond motifs is 3. The Kier molecular flexibility index (Phi) is 2.12. The predicted octanol–water partition coefficient (Wildman–Crippen LogP) is 3.55. The monoisotopic (exact) mass is 200 g/mol. The van der Waals surface area contributed by atoms with Crippen LogP contribution in [0.4, 0.5) is 0 Å². The number of carbonyl (C=O) groups is 1. The quantitative estimate of drug-likeness (QED) is 0.626. The maximum Gasteiger partial charge on any atom is 0.166 e. The van der Waals surface area contributed by atoms with Crippen LogP contribution in [0.3, 0.4) is 0 Å². The molecule has 0 saturated heterocycles. The number of ketones is 1. The molecule has 1 aromatic carbocycles. The molecule has 1 saturated carbocycles. The molecular formula is C14H16O. The fraction of sp³-hybridized carbons (Fsp3) is 0.500. The van der Waals surface area contributed by atoms with Gasteiger partial charge in [0.05, 0.1) is 0 Å². The first kappa shape index (κ1) is 9.14. The van der Waals surface area contributed by atoms with Gasteiger partial charge in [-0.1, -0.05) is 43.5 Å². The van der Waals surface area contributed by atoms with Gasteiger partial charge in [-0.3, -0.25) is 4.79 Å². The maximum atomic E-state index is 12.2. The van der Waals surface area contributed by atoms with E-state index in [4.69, 9.17) is 0 Å². The minimum absolute atomic E-state index is 0.310. The Morgan fingerprint density at radius 3 is 2.53 bits per heavy atom. The van der Waals surface area contributed by atoms with Crippen molar-refractivity contribution in [1.82, 2.24) is 0 Å². The molecule has 2 atom stereocenters. The van der Waals surface area contributed by atoms with E-state index in [0.29, 0.717) is 17.6 Å². The predicted molar refractivity (Wildman–Crippen MR) is 60.1 cm³/mol. The molecule has 15 heavy (non-hydrogen) atoms. The Morgan fingerprint density at radius 2 is 1.67 bits per heavy atom. The summed E-state index contributed by atoms with van der Waals surface area (Å²) in [7, 11) is 0. The molecule has 0 spiro atoms. The number of Topliss-reactive ketones (excluding diaryl/α,β-unsaturated/α-hetero) is 1. The minimum atomic E-state index is 0.310. The largest absolute Gasteiger partial charge is 0.294 e.